The SMILES string of the molecule is CC1C(C(=O)O)CCN1c1cnn(C)c1. The molecule has 1 aliphatic rings. The van der Waals surface area contributed by atoms with Gasteiger partial charge >= 0.3 is 5.97 Å². The number of aryl methyl sites for hydroxylation is 1. The molecule has 0 aliphatic carbocycles. The van der Waals surface area contributed by atoms with Crippen molar-refractivity contribution >= 4 is 11.7 Å². The van der Waals surface area contributed by atoms with E-state index in [1.807, 2.05) is 20.2 Å². The Morgan fingerprint density at radius 1 is 1.67 bits per heavy atom. The topological polar surface area (TPSA) is 58.4 Å². The Bertz CT molecular complexity index is 374. The summed E-state index contributed by atoms with van der Waals surface area (Å²) in [5.74, 6) is -0.959. The average molecular weight is 209 g/mol. The highest BCUT2D eigenvalue weighted by atomic mass is 16.4. The zero-order valence-corrected chi connectivity index (χ0v) is 8.92. The van der Waals surface area contributed by atoms with E-state index in [0.717, 1.165) is 12.2 Å². The minimum Gasteiger partial charge on any atom is -0.481 e. The predicted octanol–water partition coefficient (Wildman–Crippen LogP) is 0.719. The molecule has 15 heavy (non-hydrogen) atoms. The number of carbonyl (C=O) groups is 1. The summed E-state index contributed by atoms with van der Waals surface area (Å²) < 4.78 is 1.73. The summed E-state index contributed by atoms with van der Waals surface area (Å²) >= 11 is 0. The van der Waals surface area contributed by atoms with Gasteiger partial charge in [0.2, 0.25) is 0 Å². The van der Waals surface area contributed by atoms with Gasteiger partial charge in [-0.3, -0.25) is 9.48 Å². The molecule has 0 spiro atoms. The van der Waals surface area contributed by atoms with Gasteiger partial charge in [-0.2, -0.15) is 5.10 Å². The number of rotatable bonds is 2. The first-order valence-electron chi connectivity index (χ1n) is 5.07. The second-order valence-electron chi connectivity index (χ2n) is 4.04. The van der Waals surface area contributed by atoms with Crippen LogP contribution in [0.15, 0.2) is 12.4 Å². The molecule has 82 valence electrons. The fourth-order valence-corrected chi connectivity index (χ4v) is 2.19. The summed E-state index contributed by atoms with van der Waals surface area (Å²) in [5, 5.41) is 13.1. The second kappa shape index (κ2) is 3.56. The first-order valence-corrected chi connectivity index (χ1v) is 5.07. The van der Waals surface area contributed by atoms with Gasteiger partial charge in [0.1, 0.15) is 0 Å². The number of anilines is 1. The van der Waals surface area contributed by atoms with Crippen LogP contribution < -0.4 is 4.90 Å². The number of hydrogen-bond acceptors (Lipinski definition) is 3. The van der Waals surface area contributed by atoms with E-state index < -0.39 is 5.97 Å². The molecule has 0 bridgehead atoms. The number of hydrogen-bond donors (Lipinski definition) is 1. The molecular weight excluding hydrogens is 194 g/mol. The van der Waals surface area contributed by atoms with E-state index in [0.29, 0.717) is 6.42 Å². The lowest BCUT2D eigenvalue weighted by molar-refractivity contribution is -0.141. The van der Waals surface area contributed by atoms with Crippen molar-refractivity contribution in [1.82, 2.24) is 9.78 Å². The number of carboxylic acids is 1. The fourth-order valence-electron chi connectivity index (χ4n) is 2.19. The summed E-state index contributed by atoms with van der Waals surface area (Å²) in [6.07, 6.45) is 4.41. The molecular formula is C10H15N3O2. The van der Waals surface area contributed by atoms with Crippen molar-refractivity contribution in [3.63, 3.8) is 0 Å². The summed E-state index contributed by atoms with van der Waals surface area (Å²) in [6.45, 7) is 2.75. The molecule has 0 radical (unpaired) electrons. The Hall–Kier alpha value is -1.52. The maximum atomic E-state index is 10.9. The zero-order chi connectivity index (χ0) is 11.0. The fraction of sp³-hybridized carbons (Fsp3) is 0.600. The van der Waals surface area contributed by atoms with Crippen LogP contribution in [0.3, 0.4) is 0 Å². The molecule has 2 atom stereocenters. The number of nitrogens with zero attached hydrogens (tertiary/aromatic N) is 3. The van der Waals surface area contributed by atoms with Gasteiger partial charge in [0.25, 0.3) is 0 Å². The standard InChI is InChI=1S/C10H15N3O2/c1-7-9(10(14)15)3-4-13(7)8-5-11-12(2)6-8/h5-7,9H,3-4H2,1-2H3,(H,14,15). The van der Waals surface area contributed by atoms with Gasteiger partial charge in [-0.05, 0) is 13.3 Å². The van der Waals surface area contributed by atoms with Crippen molar-refractivity contribution in [2.24, 2.45) is 13.0 Å². The molecule has 1 N–H and O–H groups in total. The quantitative estimate of drug-likeness (QED) is 0.779. The van der Waals surface area contributed by atoms with Crippen LogP contribution in [0.1, 0.15) is 13.3 Å². The molecule has 2 heterocycles. The molecule has 0 saturated carbocycles. The van der Waals surface area contributed by atoms with E-state index in [1.165, 1.54) is 0 Å². The smallest absolute Gasteiger partial charge is 0.308 e. The Morgan fingerprint density at radius 3 is 2.87 bits per heavy atom. The van der Waals surface area contributed by atoms with Crippen LogP contribution in [0.4, 0.5) is 5.69 Å². The molecule has 1 saturated heterocycles. The third-order valence-electron chi connectivity index (χ3n) is 3.10. The van der Waals surface area contributed by atoms with Crippen LogP contribution in [-0.4, -0.2) is 33.4 Å². The molecule has 2 unspecified atom stereocenters. The number of aromatic nitrogens is 2. The maximum absolute atomic E-state index is 10.9. The molecule has 0 aromatic carbocycles. The highest BCUT2D eigenvalue weighted by Crippen LogP contribution is 2.29. The molecule has 0 amide bonds. The van der Waals surface area contributed by atoms with Crippen molar-refractivity contribution in [3.05, 3.63) is 12.4 Å². The normalized spacial score (nSPS) is 25.9. The Morgan fingerprint density at radius 2 is 2.40 bits per heavy atom. The monoisotopic (exact) mass is 209 g/mol. The average Bonchev–Trinajstić information content (AvgIpc) is 2.71. The van der Waals surface area contributed by atoms with E-state index in [2.05, 4.69) is 10.00 Å². The second-order valence-corrected chi connectivity index (χ2v) is 4.04. The van der Waals surface area contributed by atoms with E-state index in [1.54, 1.807) is 10.9 Å². The minimum atomic E-state index is -0.700. The van der Waals surface area contributed by atoms with Crippen molar-refractivity contribution in [3.8, 4) is 0 Å². The van der Waals surface area contributed by atoms with Gasteiger partial charge in [-0.15, -0.1) is 0 Å². The third kappa shape index (κ3) is 1.69. The van der Waals surface area contributed by atoms with Crippen molar-refractivity contribution in [2.45, 2.75) is 19.4 Å². The Balaban J connectivity index is 2.16. The maximum Gasteiger partial charge on any atom is 0.308 e. The van der Waals surface area contributed by atoms with Gasteiger partial charge in [0.15, 0.2) is 0 Å². The highest BCUT2D eigenvalue weighted by molar-refractivity contribution is 5.72. The lowest BCUT2D eigenvalue weighted by atomic mass is 10.0. The van der Waals surface area contributed by atoms with Crippen LogP contribution in [0, 0.1) is 5.92 Å². The summed E-state index contributed by atoms with van der Waals surface area (Å²) in [7, 11) is 1.86. The van der Waals surface area contributed by atoms with Crippen LogP contribution in [0.2, 0.25) is 0 Å². The van der Waals surface area contributed by atoms with E-state index >= 15 is 0 Å². The van der Waals surface area contributed by atoms with Crippen molar-refractivity contribution < 1.29 is 9.90 Å². The predicted molar refractivity (Wildman–Crippen MR) is 55.8 cm³/mol. The Labute approximate surface area is 88.3 Å². The lowest BCUT2D eigenvalue weighted by Crippen LogP contribution is -2.32. The van der Waals surface area contributed by atoms with Crippen molar-refractivity contribution in [2.75, 3.05) is 11.4 Å². The number of aliphatic carboxylic acids is 1. The molecule has 2 rings (SSSR count). The minimum absolute atomic E-state index is 0.0479. The van der Waals surface area contributed by atoms with E-state index in [9.17, 15) is 4.79 Å². The molecule has 5 heteroatoms. The van der Waals surface area contributed by atoms with Gasteiger partial charge < -0.3 is 10.0 Å². The first kappa shape index (κ1) is 10.0. The van der Waals surface area contributed by atoms with E-state index in [-0.39, 0.29) is 12.0 Å². The first-order chi connectivity index (χ1) is 7.09. The summed E-state index contributed by atoms with van der Waals surface area (Å²) in [4.78, 5) is 13.0. The van der Waals surface area contributed by atoms with Crippen LogP contribution in [0.5, 0.6) is 0 Å². The lowest BCUT2D eigenvalue weighted by Gasteiger charge is -2.23. The van der Waals surface area contributed by atoms with Gasteiger partial charge in [0, 0.05) is 25.8 Å². The molecule has 1 aromatic rings. The Kier molecular flexibility index (Phi) is 2.38. The summed E-state index contributed by atoms with van der Waals surface area (Å²) in [6, 6.07) is 0.0479. The van der Waals surface area contributed by atoms with E-state index in [4.69, 9.17) is 5.11 Å². The number of carboxylic acid groups (broad SMARTS) is 1. The van der Waals surface area contributed by atoms with Gasteiger partial charge in [-0.1, -0.05) is 0 Å². The largest absolute Gasteiger partial charge is 0.481 e. The molecule has 5 nitrogen and oxygen atoms in total. The third-order valence-corrected chi connectivity index (χ3v) is 3.10. The van der Waals surface area contributed by atoms with Gasteiger partial charge in [0.05, 0.1) is 17.8 Å². The van der Waals surface area contributed by atoms with Crippen LogP contribution >= 0.6 is 0 Å². The molecule has 1 fully saturated rings. The van der Waals surface area contributed by atoms with Crippen LogP contribution in [0.25, 0.3) is 0 Å². The van der Waals surface area contributed by atoms with Crippen molar-refractivity contribution in [1.29, 1.82) is 0 Å². The summed E-state index contributed by atoms with van der Waals surface area (Å²) in [5.41, 5.74) is 1.01. The molecule has 1 aliphatic heterocycles. The zero-order valence-electron chi connectivity index (χ0n) is 8.92. The highest BCUT2D eigenvalue weighted by Gasteiger charge is 2.35. The van der Waals surface area contributed by atoms with Gasteiger partial charge in [-0.25, -0.2) is 0 Å². The molecule has 1 aromatic heterocycles. The van der Waals surface area contributed by atoms with Crippen LogP contribution in [-0.2, 0) is 11.8 Å².